The molecule has 2 unspecified atom stereocenters. The minimum Gasteiger partial charge on any atom is -0.295 e. The van der Waals surface area contributed by atoms with E-state index in [0.717, 1.165) is 24.3 Å². The molecule has 0 aliphatic heterocycles. The summed E-state index contributed by atoms with van der Waals surface area (Å²) in [5.41, 5.74) is 0.929. The van der Waals surface area contributed by atoms with Gasteiger partial charge in [0.1, 0.15) is 0 Å². The lowest BCUT2D eigenvalue weighted by molar-refractivity contribution is -0.117. The molecule has 0 amide bonds. The summed E-state index contributed by atoms with van der Waals surface area (Å²) in [4.78, 5) is 11.2. The van der Waals surface area contributed by atoms with E-state index in [0.29, 0.717) is 11.7 Å². The third kappa shape index (κ3) is 1.03. The Balaban J connectivity index is 2.18. The van der Waals surface area contributed by atoms with Gasteiger partial charge in [0.05, 0.1) is 0 Å². The Morgan fingerprint density at radius 2 is 2.09 bits per heavy atom. The first-order valence-electron chi connectivity index (χ1n) is 4.51. The van der Waals surface area contributed by atoms with Crippen LogP contribution in [-0.4, -0.2) is 5.78 Å². The topological polar surface area (TPSA) is 17.1 Å². The number of fused-ring (bicyclic) bond motifs is 1. The average Bonchev–Trinajstić information content (AvgIpc) is 2.45. The lowest BCUT2D eigenvalue weighted by Gasteiger charge is -2.25. The number of ketones is 1. The van der Waals surface area contributed by atoms with Gasteiger partial charge in [0.15, 0.2) is 5.78 Å². The summed E-state index contributed by atoms with van der Waals surface area (Å²) < 4.78 is 0. The Morgan fingerprint density at radius 3 is 2.91 bits per heavy atom. The molecule has 0 radical (unpaired) electrons. The third-order valence-electron chi connectivity index (χ3n) is 3.21. The van der Waals surface area contributed by atoms with Crippen LogP contribution in [-0.2, 0) is 4.79 Å². The van der Waals surface area contributed by atoms with E-state index in [-0.39, 0.29) is 0 Å². The zero-order chi connectivity index (χ0) is 7.84. The lowest BCUT2D eigenvalue weighted by Crippen LogP contribution is -2.22. The van der Waals surface area contributed by atoms with Crippen LogP contribution < -0.4 is 0 Å². The van der Waals surface area contributed by atoms with Crippen molar-refractivity contribution >= 4 is 5.78 Å². The minimum atomic E-state index is 0.327. The minimum absolute atomic E-state index is 0.327. The van der Waals surface area contributed by atoms with Gasteiger partial charge in [-0.3, -0.25) is 4.79 Å². The Kier molecular flexibility index (Phi) is 1.59. The smallest absolute Gasteiger partial charge is 0.158 e. The second-order valence-corrected chi connectivity index (χ2v) is 3.78. The Labute approximate surface area is 67.5 Å². The molecule has 0 aromatic rings. The maximum atomic E-state index is 11.2. The fourth-order valence-corrected chi connectivity index (χ4v) is 2.52. The summed E-state index contributed by atoms with van der Waals surface area (Å²) in [5.74, 6) is 1.70. The standard InChI is InChI=1S/C10H14O/c1-7-9-4-2-3-8(9)5-6-10(7)11/h8-9H,1-6H2. The number of allylic oxidation sites excluding steroid dienone is 1. The molecular weight excluding hydrogens is 136 g/mol. The molecule has 2 fully saturated rings. The Hall–Kier alpha value is -0.590. The molecule has 0 aromatic heterocycles. The van der Waals surface area contributed by atoms with Crippen molar-refractivity contribution in [1.29, 1.82) is 0 Å². The molecule has 0 bridgehead atoms. The Morgan fingerprint density at radius 1 is 1.27 bits per heavy atom. The first-order valence-corrected chi connectivity index (χ1v) is 4.51. The van der Waals surface area contributed by atoms with E-state index in [1.165, 1.54) is 19.3 Å². The highest BCUT2D eigenvalue weighted by atomic mass is 16.1. The highest BCUT2D eigenvalue weighted by Gasteiger charge is 2.35. The van der Waals surface area contributed by atoms with Crippen molar-refractivity contribution < 1.29 is 4.79 Å². The molecule has 11 heavy (non-hydrogen) atoms. The first kappa shape index (κ1) is 7.08. The number of Topliss-reactive ketones (excluding diaryl/α,β-unsaturated/α-hetero) is 1. The third-order valence-corrected chi connectivity index (χ3v) is 3.21. The molecular formula is C10H14O. The summed E-state index contributed by atoms with van der Waals surface area (Å²) >= 11 is 0. The summed E-state index contributed by atoms with van der Waals surface area (Å²) in [7, 11) is 0. The van der Waals surface area contributed by atoms with Crippen LogP contribution in [0.15, 0.2) is 12.2 Å². The van der Waals surface area contributed by atoms with Gasteiger partial charge >= 0.3 is 0 Å². The van der Waals surface area contributed by atoms with Crippen LogP contribution in [0.4, 0.5) is 0 Å². The molecule has 0 saturated heterocycles. The van der Waals surface area contributed by atoms with Crippen LogP contribution >= 0.6 is 0 Å². The molecule has 60 valence electrons. The van der Waals surface area contributed by atoms with Gasteiger partial charge in [-0.2, -0.15) is 0 Å². The number of carbonyl (C=O) groups excluding carboxylic acids is 1. The van der Waals surface area contributed by atoms with E-state index in [1.807, 2.05) is 0 Å². The largest absolute Gasteiger partial charge is 0.295 e. The summed E-state index contributed by atoms with van der Waals surface area (Å²) in [6.07, 6.45) is 5.75. The second-order valence-electron chi connectivity index (χ2n) is 3.78. The van der Waals surface area contributed by atoms with Gasteiger partial charge in [0.2, 0.25) is 0 Å². The molecule has 2 rings (SSSR count). The van der Waals surface area contributed by atoms with Gasteiger partial charge in [-0.1, -0.05) is 13.0 Å². The van der Waals surface area contributed by atoms with Crippen LogP contribution in [0.5, 0.6) is 0 Å². The van der Waals surface area contributed by atoms with Gasteiger partial charge in [-0.05, 0) is 36.7 Å². The summed E-state index contributed by atoms with van der Waals surface area (Å²) in [6, 6.07) is 0. The molecule has 1 heteroatoms. The number of rotatable bonds is 0. The number of hydrogen-bond donors (Lipinski definition) is 0. The fraction of sp³-hybridized carbons (Fsp3) is 0.700. The van der Waals surface area contributed by atoms with Gasteiger partial charge in [0.25, 0.3) is 0 Å². The van der Waals surface area contributed by atoms with Crippen LogP contribution in [0.1, 0.15) is 32.1 Å². The molecule has 0 spiro atoms. The van der Waals surface area contributed by atoms with Gasteiger partial charge in [-0.25, -0.2) is 0 Å². The van der Waals surface area contributed by atoms with Crippen molar-refractivity contribution in [1.82, 2.24) is 0 Å². The Bertz CT molecular complexity index is 205. The van der Waals surface area contributed by atoms with E-state index in [1.54, 1.807) is 0 Å². The second kappa shape index (κ2) is 2.47. The zero-order valence-corrected chi connectivity index (χ0v) is 6.81. The maximum absolute atomic E-state index is 11.2. The van der Waals surface area contributed by atoms with Crippen molar-refractivity contribution in [2.75, 3.05) is 0 Å². The van der Waals surface area contributed by atoms with E-state index in [2.05, 4.69) is 6.58 Å². The first-order chi connectivity index (χ1) is 5.29. The van der Waals surface area contributed by atoms with Crippen LogP contribution in [0.3, 0.4) is 0 Å². The van der Waals surface area contributed by atoms with E-state index in [4.69, 9.17) is 0 Å². The molecule has 2 saturated carbocycles. The molecule has 2 aliphatic rings. The number of carbonyl (C=O) groups is 1. The van der Waals surface area contributed by atoms with Crippen molar-refractivity contribution in [2.24, 2.45) is 11.8 Å². The van der Waals surface area contributed by atoms with E-state index in [9.17, 15) is 4.79 Å². The molecule has 2 atom stereocenters. The highest BCUT2D eigenvalue weighted by Crippen LogP contribution is 2.42. The molecule has 2 aliphatic carbocycles. The quantitative estimate of drug-likeness (QED) is 0.484. The van der Waals surface area contributed by atoms with Gasteiger partial charge < -0.3 is 0 Å². The lowest BCUT2D eigenvalue weighted by atomic mass is 9.78. The fourth-order valence-electron chi connectivity index (χ4n) is 2.52. The molecule has 0 heterocycles. The normalized spacial score (nSPS) is 37.5. The van der Waals surface area contributed by atoms with Gasteiger partial charge in [0, 0.05) is 6.42 Å². The summed E-state index contributed by atoms with van der Waals surface area (Å²) in [5, 5.41) is 0. The molecule has 1 nitrogen and oxygen atoms in total. The summed E-state index contributed by atoms with van der Waals surface area (Å²) in [6.45, 7) is 3.89. The van der Waals surface area contributed by atoms with Crippen molar-refractivity contribution in [2.45, 2.75) is 32.1 Å². The van der Waals surface area contributed by atoms with Crippen molar-refractivity contribution in [3.05, 3.63) is 12.2 Å². The van der Waals surface area contributed by atoms with E-state index < -0.39 is 0 Å². The van der Waals surface area contributed by atoms with Crippen LogP contribution in [0, 0.1) is 11.8 Å². The SMILES string of the molecule is C=C1C(=O)CCC2CCCC12. The number of hydrogen-bond acceptors (Lipinski definition) is 1. The maximum Gasteiger partial charge on any atom is 0.158 e. The molecule has 0 aromatic carbocycles. The highest BCUT2D eigenvalue weighted by molar-refractivity contribution is 5.96. The van der Waals surface area contributed by atoms with Gasteiger partial charge in [-0.15, -0.1) is 0 Å². The predicted octanol–water partition coefficient (Wildman–Crippen LogP) is 2.32. The van der Waals surface area contributed by atoms with Crippen LogP contribution in [0.2, 0.25) is 0 Å². The molecule has 0 N–H and O–H groups in total. The van der Waals surface area contributed by atoms with E-state index >= 15 is 0 Å². The monoisotopic (exact) mass is 150 g/mol. The predicted molar refractivity (Wildman–Crippen MR) is 44.2 cm³/mol. The van der Waals surface area contributed by atoms with Crippen molar-refractivity contribution in [3.63, 3.8) is 0 Å². The van der Waals surface area contributed by atoms with Crippen LogP contribution in [0.25, 0.3) is 0 Å². The zero-order valence-electron chi connectivity index (χ0n) is 6.81. The van der Waals surface area contributed by atoms with Crippen molar-refractivity contribution in [3.8, 4) is 0 Å². The average molecular weight is 150 g/mol.